The van der Waals surface area contributed by atoms with Crippen LogP contribution in [0.4, 0.5) is 0 Å². The number of piperazine rings is 1. The number of carbonyl (C=O) groups is 1. The Kier molecular flexibility index (Phi) is 6.59. The van der Waals surface area contributed by atoms with Gasteiger partial charge < -0.3 is 9.47 Å². The topological polar surface area (TPSA) is 105 Å². The van der Waals surface area contributed by atoms with Crippen molar-refractivity contribution in [1.29, 1.82) is 0 Å². The zero-order valence-electron chi connectivity index (χ0n) is 17.0. The van der Waals surface area contributed by atoms with E-state index in [9.17, 15) is 22.8 Å². The number of hydrogen-bond donors (Lipinski definition) is 0. The molecule has 0 N–H and O–H groups in total. The minimum Gasteiger partial charge on any atom is -0.342 e. The Morgan fingerprint density at radius 1 is 0.931 bits per heavy atom. The summed E-state index contributed by atoms with van der Waals surface area (Å²) in [4.78, 5) is 40.1. The molecular formula is C18H29N5O5S. The van der Waals surface area contributed by atoms with E-state index in [0.717, 1.165) is 54.1 Å². The summed E-state index contributed by atoms with van der Waals surface area (Å²) in [6.45, 7) is 3.11. The molecule has 0 aliphatic carbocycles. The Labute approximate surface area is 170 Å². The summed E-state index contributed by atoms with van der Waals surface area (Å²) in [5, 5.41) is 0. The van der Waals surface area contributed by atoms with Crippen molar-refractivity contribution in [3.05, 3.63) is 27.0 Å². The molecule has 0 radical (unpaired) electrons. The van der Waals surface area contributed by atoms with E-state index >= 15 is 0 Å². The Balaban J connectivity index is 1.65. The lowest BCUT2D eigenvalue weighted by Gasteiger charge is -2.34. The smallest absolute Gasteiger partial charge is 0.330 e. The Morgan fingerprint density at radius 2 is 1.52 bits per heavy atom. The van der Waals surface area contributed by atoms with Gasteiger partial charge in [0, 0.05) is 59.6 Å². The second-order valence-electron chi connectivity index (χ2n) is 7.73. The van der Waals surface area contributed by atoms with Gasteiger partial charge in [0.15, 0.2) is 4.90 Å². The lowest BCUT2D eigenvalue weighted by Crippen LogP contribution is -2.52. The van der Waals surface area contributed by atoms with Crippen LogP contribution in [0.25, 0.3) is 0 Å². The first kappa shape index (κ1) is 21.7. The predicted octanol–water partition coefficient (Wildman–Crippen LogP) is -1.21. The molecule has 2 fully saturated rings. The number of aryl methyl sites for hydroxylation is 1. The van der Waals surface area contributed by atoms with Gasteiger partial charge in [0.1, 0.15) is 0 Å². The highest BCUT2D eigenvalue weighted by molar-refractivity contribution is 7.89. The van der Waals surface area contributed by atoms with E-state index in [4.69, 9.17) is 0 Å². The van der Waals surface area contributed by atoms with Crippen molar-refractivity contribution in [3.63, 3.8) is 0 Å². The van der Waals surface area contributed by atoms with E-state index in [-0.39, 0.29) is 25.5 Å². The van der Waals surface area contributed by atoms with Crippen LogP contribution in [0.15, 0.2) is 20.7 Å². The van der Waals surface area contributed by atoms with Crippen molar-refractivity contribution in [2.45, 2.75) is 30.6 Å². The van der Waals surface area contributed by atoms with Gasteiger partial charge in [0.05, 0.1) is 6.54 Å². The van der Waals surface area contributed by atoms with Gasteiger partial charge in [0.2, 0.25) is 15.9 Å². The van der Waals surface area contributed by atoms with Gasteiger partial charge in [-0.15, -0.1) is 0 Å². The Morgan fingerprint density at radius 3 is 2.10 bits per heavy atom. The molecule has 0 aromatic carbocycles. The number of nitrogens with zero attached hydrogens (tertiary/aromatic N) is 5. The summed E-state index contributed by atoms with van der Waals surface area (Å²) in [5.41, 5.74) is -1.40. The van der Waals surface area contributed by atoms with Crippen LogP contribution in [-0.2, 0) is 28.9 Å². The van der Waals surface area contributed by atoms with Crippen LogP contribution < -0.4 is 11.2 Å². The first-order chi connectivity index (χ1) is 13.7. The van der Waals surface area contributed by atoms with Gasteiger partial charge in [-0.05, 0) is 12.8 Å². The number of amides is 1. The molecule has 10 nitrogen and oxygen atoms in total. The quantitative estimate of drug-likeness (QED) is 0.597. The minimum atomic E-state index is -4.01. The van der Waals surface area contributed by atoms with Gasteiger partial charge in [0.25, 0.3) is 5.56 Å². The third kappa shape index (κ3) is 4.62. The van der Waals surface area contributed by atoms with Crippen LogP contribution in [0.5, 0.6) is 0 Å². The fourth-order valence-corrected chi connectivity index (χ4v) is 5.40. The first-order valence-corrected chi connectivity index (χ1v) is 11.4. The van der Waals surface area contributed by atoms with Crippen LogP contribution in [0.3, 0.4) is 0 Å². The number of hydrogen-bond acceptors (Lipinski definition) is 6. The molecule has 3 rings (SSSR count). The molecule has 2 aliphatic rings. The van der Waals surface area contributed by atoms with E-state index in [0.29, 0.717) is 13.1 Å². The van der Waals surface area contributed by atoms with Gasteiger partial charge in [-0.2, -0.15) is 4.31 Å². The van der Waals surface area contributed by atoms with E-state index in [2.05, 4.69) is 0 Å². The molecular weight excluding hydrogens is 398 g/mol. The van der Waals surface area contributed by atoms with Gasteiger partial charge in [-0.1, -0.05) is 12.8 Å². The van der Waals surface area contributed by atoms with Crippen molar-refractivity contribution in [2.75, 3.05) is 45.8 Å². The highest BCUT2D eigenvalue weighted by Gasteiger charge is 2.32. The number of rotatable bonds is 4. The predicted molar refractivity (Wildman–Crippen MR) is 107 cm³/mol. The van der Waals surface area contributed by atoms with Crippen LogP contribution in [-0.4, -0.2) is 83.4 Å². The summed E-state index contributed by atoms with van der Waals surface area (Å²) in [6, 6.07) is 0. The van der Waals surface area contributed by atoms with Crippen LogP contribution >= 0.6 is 0 Å². The maximum Gasteiger partial charge on any atom is 0.330 e. The SMILES string of the molecule is Cn1cc(S(=O)(=O)N2CCN(CC(=O)N3CCCCCC3)CC2)c(=O)n(C)c1=O. The average Bonchev–Trinajstić information content (AvgIpc) is 2.99. The zero-order chi connectivity index (χ0) is 21.2. The van der Waals surface area contributed by atoms with E-state index in [1.807, 2.05) is 9.80 Å². The van der Waals surface area contributed by atoms with Crippen molar-refractivity contribution in [1.82, 2.24) is 23.2 Å². The third-order valence-corrected chi connectivity index (χ3v) is 7.56. The molecule has 1 amide bonds. The molecule has 162 valence electrons. The van der Waals surface area contributed by atoms with Crippen molar-refractivity contribution < 1.29 is 13.2 Å². The van der Waals surface area contributed by atoms with Crippen molar-refractivity contribution in [2.24, 2.45) is 14.1 Å². The normalized spacial score (nSPS) is 19.9. The number of likely N-dealkylation sites (tertiary alicyclic amines) is 1. The molecule has 0 spiro atoms. The molecule has 11 heteroatoms. The highest BCUT2D eigenvalue weighted by atomic mass is 32.2. The summed E-state index contributed by atoms with van der Waals surface area (Å²) >= 11 is 0. The fraction of sp³-hybridized carbons (Fsp3) is 0.722. The lowest BCUT2D eigenvalue weighted by atomic mass is 10.2. The molecule has 0 bridgehead atoms. The third-order valence-electron chi connectivity index (χ3n) is 5.68. The molecule has 2 aliphatic heterocycles. The minimum absolute atomic E-state index is 0.0927. The molecule has 2 saturated heterocycles. The van der Waals surface area contributed by atoms with Crippen LogP contribution in [0.1, 0.15) is 25.7 Å². The maximum absolute atomic E-state index is 12.9. The standard InChI is InChI=1S/C18H29N5O5S/c1-19-13-15(17(25)20(2)18(19)26)29(27,28)23-11-9-21(10-12-23)14-16(24)22-7-5-3-4-6-8-22/h13H,3-12,14H2,1-2H3. The van der Waals surface area contributed by atoms with E-state index in [1.54, 1.807) is 0 Å². The Bertz CT molecular complexity index is 967. The second-order valence-corrected chi connectivity index (χ2v) is 9.63. The first-order valence-electron chi connectivity index (χ1n) is 9.99. The molecule has 1 aromatic rings. The Hall–Kier alpha value is -1.98. The molecule has 0 unspecified atom stereocenters. The highest BCUT2D eigenvalue weighted by Crippen LogP contribution is 2.15. The lowest BCUT2D eigenvalue weighted by molar-refractivity contribution is -0.132. The second kappa shape index (κ2) is 8.80. The van der Waals surface area contributed by atoms with E-state index < -0.39 is 26.2 Å². The number of aromatic nitrogens is 2. The summed E-state index contributed by atoms with van der Waals surface area (Å²) in [7, 11) is -1.34. The van der Waals surface area contributed by atoms with Gasteiger partial charge in [-0.25, -0.2) is 13.2 Å². The average molecular weight is 428 g/mol. The molecule has 0 atom stereocenters. The number of sulfonamides is 1. The van der Waals surface area contributed by atoms with Crippen LogP contribution in [0, 0.1) is 0 Å². The summed E-state index contributed by atoms with van der Waals surface area (Å²) in [6.07, 6.45) is 5.46. The zero-order valence-corrected chi connectivity index (χ0v) is 17.9. The van der Waals surface area contributed by atoms with Crippen LogP contribution in [0.2, 0.25) is 0 Å². The monoisotopic (exact) mass is 427 g/mol. The van der Waals surface area contributed by atoms with Gasteiger partial charge in [-0.3, -0.25) is 19.1 Å². The maximum atomic E-state index is 12.9. The summed E-state index contributed by atoms with van der Waals surface area (Å²) < 4.78 is 29.0. The van der Waals surface area contributed by atoms with Crippen molar-refractivity contribution in [3.8, 4) is 0 Å². The largest absolute Gasteiger partial charge is 0.342 e. The molecule has 0 saturated carbocycles. The van der Waals surface area contributed by atoms with Crippen molar-refractivity contribution >= 4 is 15.9 Å². The number of carbonyl (C=O) groups excluding carboxylic acids is 1. The summed E-state index contributed by atoms with van der Waals surface area (Å²) in [5.74, 6) is 0.0927. The van der Waals surface area contributed by atoms with Gasteiger partial charge >= 0.3 is 5.69 Å². The van der Waals surface area contributed by atoms with E-state index in [1.165, 1.54) is 18.4 Å². The molecule has 3 heterocycles. The fourth-order valence-electron chi connectivity index (χ4n) is 3.83. The molecule has 29 heavy (non-hydrogen) atoms. The molecule has 1 aromatic heterocycles.